The maximum atomic E-state index is 11.3. The summed E-state index contributed by atoms with van der Waals surface area (Å²) in [6, 6.07) is 19.5. The van der Waals surface area contributed by atoms with E-state index in [-0.39, 0.29) is 16.6 Å². The lowest BCUT2D eigenvalue weighted by molar-refractivity contribution is 0.0697. The van der Waals surface area contributed by atoms with Crippen LogP contribution in [0.15, 0.2) is 81.4 Å². The average molecular weight is 406 g/mol. The van der Waals surface area contributed by atoms with Crippen LogP contribution in [0.4, 0.5) is 5.82 Å². The Morgan fingerprint density at radius 2 is 1.90 bits per heavy atom. The second-order valence-corrected chi connectivity index (χ2v) is 6.81. The Hall–Kier alpha value is -3.51. The number of benzene rings is 2. The van der Waals surface area contributed by atoms with Crippen molar-refractivity contribution in [3.8, 4) is 11.3 Å². The summed E-state index contributed by atoms with van der Waals surface area (Å²) in [4.78, 5) is 15.7. The molecule has 2 heterocycles. The van der Waals surface area contributed by atoms with Crippen LogP contribution in [-0.4, -0.2) is 16.1 Å². The molecule has 0 saturated heterocycles. The lowest BCUT2D eigenvalue weighted by Gasteiger charge is -2.05. The zero-order chi connectivity index (χ0) is 20.4. The van der Waals surface area contributed by atoms with Gasteiger partial charge in [0.1, 0.15) is 17.6 Å². The Bertz CT molecular complexity index is 1230. The van der Waals surface area contributed by atoms with Gasteiger partial charge in [-0.25, -0.2) is 9.78 Å². The number of pyridine rings is 1. The molecule has 0 aliphatic rings. The van der Waals surface area contributed by atoms with Gasteiger partial charge in [0.05, 0.1) is 16.1 Å². The maximum Gasteiger partial charge on any atom is 0.337 e. The van der Waals surface area contributed by atoms with Crippen molar-refractivity contribution < 1.29 is 14.3 Å². The zero-order valence-electron chi connectivity index (χ0n) is 15.4. The summed E-state index contributed by atoms with van der Waals surface area (Å²) in [6.07, 6.45) is 0. The average Bonchev–Trinajstić information content (AvgIpc) is 3.22. The van der Waals surface area contributed by atoms with E-state index in [0.717, 1.165) is 10.9 Å². The second-order valence-electron chi connectivity index (χ2n) is 6.43. The van der Waals surface area contributed by atoms with E-state index in [2.05, 4.69) is 15.2 Å². The minimum absolute atomic E-state index is 0.0252. The highest BCUT2D eigenvalue weighted by atomic mass is 35.5. The Morgan fingerprint density at radius 3 is 2.72 bits per heavy atom. The summed E-state index contributed by atoms with van der Waals surface area (Å²) < 4.78 is 5.85. The first-order valence-electron chi connectivity index (χ1n) is 8.91. The molecule has 144 valence electrons. The Labute approximate surface area is 171 Å². The molecule has 6 nitrogen and oxygen atoms in total. The van der Waals surface area contributed by atoms with E-state index in [1.807, 2.05) is 43.3 Å². The summed E-state index contributed by atoms with van der Waals surface area (Å²) in [5.41, 5.74) is 1.39. The number of halogens is 1. The minimum Gasteiger partial charge on any atom is -0.478 e. The van der Waals surface area contributed by atoms with E-state index in [4.69, 9.17) is 16.0 Å². The normalized spacial score (nSPS) is 12.5. The Balaban J connectivity index is 1.57. The number of azo groups is 1. The molecule has 4 aromatic rings. The van der Waals surface area contributed by atoms with Crippen molar-refractivity contribution in [2.75, 3.05) is 0 Å². The molecule has 1 atom stereocenters. The van der Waals surface area contributed by atoms with Crippen molar-refractivity contribution in [3.05, 3.63) is 83.1 Å². The number of nitrogens with zero attached hydrogens (tertiary/aromatic N) is 3. The minimum atomic E-state index is -1.09. The quantitative estimate of drug-likeness (QED) is 0.374. The molecule has 1 unspecified atom stereocenters. The van der Waals surface area contributed by atoms with Crippen molar-refractivity contribution in [2.24, 2.45) is 10.2 Å². The number of carboxylic acids is 1. The van der Waals surface area contributed by atoms with Crippen LogP contribution in [-0.2, 0) is 0 Å². The van der Waals surface area contributed by atoms with Crippen molar-refractivity contribution >= 4 is 34.3 Å². The highest BCUT2D eigenvalue weighted by molar-refractivity contribution is 6.36. The maximum absolute atomic E-state index is 11.3. The molecule has 0 saturated carbocycles. The lowest BCUT2D eigenvalue weighted by atomic mass is 10.1. The van der Waals surface area contributed by atoms with Gasteiger partial charge < -0.3 is 9.52 Å². The zero-order valence-corrected chi connectivity index (χ0v) is 16.2. The van der Waals surface area contributed by atoms with Crippen molar-refractivity contribution in [3.63, 3.8) is 0 Å². The van der Waals surface area contributed by atoms with Crippen LogP contribution in [0.5, 0.6) is 0 Å². The number of furan rings is 1. The number of carboxylic acid groups (broad SMARTS) is 1. The van der Waals surface area contributed by atoms with Crippen LogP contribution in [0.25, 0.3) is 22.2 Å². The molecule has 4 rings (SSSR count). The number of fused-ring (bicyclic) bond motifs is 1. The van der Waals surface area contributed by atoms with Crippen LogP contribution >= 0.6 is 11.6 Å². The molecule has 2 aromatic heterocycles. The Kier molecular flexibility index (Phi) is 5.10. The van der Waals surface area contributed by atoms with Crippen LogP contribution in [0.1, 0.15) is 29.1 Å². The van der Waals surface area contributed by atoms with E-state index >= 15 is 0 Å². The lowest BCUT2D eigenvalue weighted by Crippen LogP contribution is -1.97. The van der Waals surface area contributed by atoms with E-state index in [9.17, 15) is 9.90 Å². The number of hydrogen-bond acceptors (Lipinski definition) is 5. The summed E-state index contributed by atoms with van der Waals surface area (Å²) in [7, 11) is 0. The molecule has 0 aliphatic carbocycles. The number of aromatic nitrogens is 1. The predicted octanol–water partition coefficient (Wildman–Crippen LogP) is 6.69. The van der Waals surface area contributed by atoms with Crippen LogP contribution in [0, 0.1) is 0 Å². The molecule has 0 fully saturated rings. The number of hydrogen-bond donors (Lipinski definition) is 1. The van der Waals surface area contributed by atoms with Gasteiger partial charge in [0.25, 0.3) is 0 Å². The van der Waals surface area contributed by atoms with Gasteiger partial charge in [-0.2, -0.15) is 5.11 Å². The van der Waals surface area contributed by atoms with E-state index in [1.54, 1.807) is 24.3 Å². The van der Waals surface area contributed by atoms with Gasteiger partial charge in [-0.05, 0) is 49.4 Å². The van der Waals surface area contributed by atoms with Gasteiger partial charge in [-0.1, -0.05) is 35.9 Å². The number of aromatic carboxylic acids is 1. The monoisotopic (exact) mass is 405 g/mol. The van der Waals surface area contributed by atoms with E-state index in [1.165, 1.54) is 6.07 Å². The summed E-state index contributed by atoms with van der Waals surface area (Å²) >= 11 is 6.22. The van der Waals surface area contributed by atoms with E-state index < -0.39 is 5.97 Å². The molecule has 7 heteroatoms. The highest BCUT2D eigenvalue weighted by Crippen LogP contribution is 2.34. The molecule has 0 radical (unpaired) electrons. The van der Waals surface area contributed by atoms with Crippen molar-refractivity contribution in [1.82, 2.24) is 4.98 Å². The fraction of sp³-hybridized carbons (Fsp3) is 0.0909. The molecule has 29 heavy (non-hydrogen) atoms. The molecule has 0 aliphatic heterocycles. The van der Waals surface area contributed by atoms with Gasteiger partial charge in [-0.3, -0.25) is 0 Å². The molecule has 2 aromatic carbocycles. The van der Waals surface area contributed by atoms with E-state index in [0.29, 0.717) is 22.9 Å². The topological polar surface area (TPSA) is 88.0 Å². The molecular formula is C22H16ClN3O3. The fourth-order valence-electron chi connectivity index (χ4n) is 2.92. The van der Waals surface area contributed by atoms with Gasteiger partial charge in [0, 0.05) is 10.9 Å². The Morgan fingerprint density at radius 1 is 1.07 bits per heavy atom. The van der Waals surface area contributed by atoms with Crippen LogP contribution in [0.3, 0.4) is 0 Å². The summed E-state index contributed by atoms with van der Waals surface area (Å²) in [6.45, 7) is 1.85. The van der Waals surface area contributed by atoms with Crippen molar-refractivity contribution in [2.45, 2.75) is 13.0 Å². The summed E-state index contributed by atoms with van der Waals surface area (Å²) in [5, 5.41) is 18.9. The second kappa shape index (κ2) is 7.85. The largest absolute Gasteiger partial charge is 0.478 e. The third kappa shape index (κ3) is 3.88. The number of rotatable bonds is 5. The van der Waals surface area contributed by atoms with Gasteiger partial charge in [0.2, 0.25) is 0 Å². The van der Waals surface area contributed by atoms with Crippen LogP contribution in [0.2, 0.25) is 5.02 Å². The predicted molar refractivity (Wildman–Crippen MR) is 111 cm³/mol. The van der Waals surface area contributed by atoms with Gasteiger partial charge >= 0.3 is 5.97 Å². The van der Waals surface area contributed by atoms with Crippen molar-refractivity contribution in [1.29, 1.82) is 0 Å². The SMILES string of the molecule is CC(N=Nc1ccc2ccccc2n1)c1ccc(-c2cccc(C(=O)O)c2Cl)o1. The number of para-hydroxylation sites is 1. The number of carbonyl (C=O) groups is 1. The third-order valence-electron chi connectivity index (χ3n) is 4.45. The fourth-order valence-corrected chi connectivity index (χ4v) is 3.22. The smallest absolute Gasteiger partial charge is 0.337 e. The molecular weight excluding hydrogens is 390 g/mol. The van der Waals surface area contributed by atoms with Crippen LogP contribution < -0.4 is 0 Å². The summed E-state index contributed by atoms with van der Waals surface area (Å²) in [5.74, 6) is 0.480. The first-order valence-corrected chi connectivity index (χ1v) is 9.29. The first kappa shape index (κ1) is 18.8. The third-order valence-corrected chi connectivity index (χ3v) is 4.86. The molecule has 0 spiro atoms. The first-order chi connectivity index (χ1) is 14.0. The molecule has 1 N–H and O–H groups in total. The molecule has 0 bridgehead atoms. The van der Waals surface area contributed by atoms with Gasteiger partial charge in [-0.15, -0.1) is 5.11 Å². The standard InChI is InChI=1S/C22H16ClN3O3/c1-13(25-26-20-12-9-14-5-2-3-8-17(14)24-20)18-10-11-19(29-18)15-6-4-7-16(21(15)23)22(27)28/h2-13H,1H3,(H,27,28). The highest BCUT2D eigenvalue weighted by Gasteiger charge is 2.17. The van der Waals surface area contributed by atoms with Gasteiger partial charge in [0.15, 0.2) is 5.82 Å². The molecule has 0 amide bonds.